The van der Waals surface area contributed by atoms with Gasteiger partial charge in [0, 0.05) is 28.1 Å². The van der Waals surface area contributed by atoms with Crippen molar-refractivity contribution in [1.29, 1.82) is 0 Å². The molecule has 1 aromatic heterocycles. The monoisotopic (exact) mass is 493 g/mol. The molecule has 4 heteroatoms. The van der Waals surface area contributed by atoms with E-state index in [1.807, 2.05) is 6.20 Å². The number of hydrogen-bond acceptors (Lipinski definition) is 1. The molecule has 5 aromatic rings. The van der Waals surface area contributed by atoms with E-state index in [1.165, 1.54) is 27.8 Å². The number of benzene rings is 4. The quantitative estimate of drug-likeness (QED) is 0.131. The van der Waals surface area contributed by atoms with Crippen molar-refractivity contribution in [2.75, 3.05) is 0 Å². The fourth-order valence-corrected chi connectivity index (χ4v) is 5.90. The highest BCUT2D eigenvalue weighted by Crippen LogP contribution is 2.23. The number of nitrogens with zero attached hydrogens (tertiary/aromatic N) is 2. The lowest BCUT2D eigenvalue weighted by Gasteiger charge is -2.11. The van der Waals surface area contributed by atoms with Crippen molar-refractivity contribution >= 4 is 39.6 Å². The highest BCUT2D eigenvalue weighted by Gasteiger charge is 2.11. The molecule has 0 aliphatic heterocycles. The largest absolute Gasteiger partial charge is 0.347 e. The second-order valence-electron chi connectivity index (χ2n) is 8.99. The zero-order valence-electron chi connectivity index (χ0n) is 20.9. The van der Waals surface area contributed by atoms with E-state index in [-0.39, 0.29) is 9.52 Å². The second-order valence-corrected chi connectivity index (χ2v) is 10.7. The Morgan fingerprint density at radius 3 is 1.84 bits per heavy atom. The molecule has 0 aliphatic rings. The first-order valence-electron chi connectivity index (χ1n) is 12.9. The Morgan fingerprint density at radius 1 is 0.703 bits per heavy atom. The van der Waals surface area contributed by atoms with E-state index >= 15 is 0 Å². The van der Waals surface area contributed by atoms with Crippen LogP contribution in [0.25, 0.3) is 17.1 Å². The average molecular weight is 494 g/mol. The van der Waals surface area contributed by atoms with Gasteiger partial charge in [-0.3, -0.25) is 4.98 Å². The van der Waals surface area contributed by atoms with E-state index < -0.39 is 0 Å². The van der Waals surface area contributed by atoms with E-state index in [0.29, 0.717) is 0 Å². The van der Waals surface area contributed by atoms with Crippen molar-refractivity contribution in [3.05, 3.63) is 162 Å². The number of allylic oxidation sites excluding steroid dienone is 1. The van der Waals surface area contributed by atoms with Gasteiger partial charge in [0.05, 0.1) is 5.72 Å². The minimum Gasteiger partial charge on any atom is -0.347 e. The summed E-state index contributed by atoms with van der Waals surface area (Å²) in [5, 5.41) is 0. The van der Waals surface area contributed by atoms with Gasteiger partial charge in [-0.2, -0.15) is 0 Å². The van der Waals surface area contributed by atoms with Crippen LogP contribution in [0.1, 0.15) is 22.3 Å². The fraction of sp³-hybridized carbons (Fsp3) is 0.0606. The molecule has 0 saturated heterocycles. The number of rotatable bonds is 10. The fourth-order valence-electron chi connectivity index (χ4n) is 4.50. The maximum absolute atomic E-state index is 4.71. The standard InChI is InChI=1S/C33H30BN2Si/c1-5-13-27(14-6-1)25-32(30-19-11-4-12-20-30)34-33-35-22-23-36(33)26-37-24-21-31(28-15-7-2-8-16-28)29-17-9-3-10-18-29/h1-23,25H,24,26,37H2. The molecule has 0 fully saturated rings. The molecule has 0 N–H and O–H groups in total. The van der Waals surface area contributed by atoms with E-state index in [2.05, 4.69) is 152 Å². The van der Waals surface area contributed by atoms with Crippen LogP contribution < -0.4 is 5.72 Å². The van der Waals surface area contributed by atoms with Crippen molar-refractivity contribution in [1.82, 2.24) is 9.55 Å². The van der Waals surface area contributed by atoms with Crippen LogP contribution in [0.15, 0.2) is 140 Å². The molecular formula is C33H30BN2Si. The highest BCUT2D eigenvalue weighted by atomic mass is 28.2. The molecule has 0 atom stereocenters. The first-order chi connectivity index (χ1) is 18.4. The van der Waals surface area contributed by atoms with Crippen LogP contribution in [0.3, 0.4) is 0 Å². The summed E-state index contributed by atoms with van der Waals surface area (Å²) >= 11 is 0. The molecule has 0 bridgehead atoms. The van der Waals surface area contributed by atoms with Crippen LogP contribution in [-0.2, 0) is 6.17 Å². The van der Waals surface area contributed by atoms with Crippen molar-refractivity contribution in [3.63, 3.8) is 0 Å². The smallest absolute Gasteiger partial charge is 0.241 e. The molecule has 4 aromatic carbocycles. The van der Waals surface area contributed by atoms with Gasteiger partial charge in [0.15, 0.2) is 0 Å². The molecule has 37 heavy (non-hydrogen) atoms. The van der Waals surface area contributed by atoms with Crippen LogP contribution in [0.4, 0.5) is 0 Å². The third kappa shape index (κ3) is 6.75. The number of hydrogen-bond donors (Lipinski definition) is 0. The minimum atomic E-state index is -0.378. The Bertz CT molecular complexity index is 1400. The summed E-state index contributed by atoms with van der Waals surface area (Å²) < 4.78 is 2.31. The zero-order valence-corrected chi connectivity index (χ0v) is 22.4. The van der Waals surface area contributed by atoms with E-state index in [9.17, 15) is 0 Å². The molecule has 0 amide bonds. The molecule has 5 rings (SSSR count). The summed E-state index contributed by atoms with van der Waals surface area (Å²) in [7, 11) is 1.84. The number of aromatic nitrogens is 2. The van der Waals surface area contributed by atoms with Crippen LogP contribution in [-0.4, -0.2) is 26.4 Å². The summed E-state index contributed by atoms with van der Waals surface area (Å²) in [6, 6.07) is 43.6. The highest BCUT2D eigenvalue weighted by molar-refractivity contribution is 6.73. The topological polar surface area (TPSA) is 17.8 Å². The summed E-state index contributed by atoms with van der Waals surface area (Å²) in [5.74, 6) is 0. The van der Waals surface area contributed by atoms with Gasteiger partial charge in [0.2, 0.25) is 7.28 Å². The van der Waals surface area contributed by atoms with Crippen molar-refractivity contribution in [3.8, 4) is 0 Å². The van der Waals surface area contributed by atoms with Gasteiger partial charge in [-0.15, -0.1) is 0 Å². The van der Waals surface area contributed by atoms with E-state index in [0.717, 1.165) is 23.4 Å². The van der Waals surface area contributed by atoms with Gasteiger partial charge in [0.1, 0.15) is 0 Å². The molecule has 0 saturated carbocycles. The van der Waals surface area contributed by atoms with Gasteiger partial charge in [-0.05, 0) is 33.9 Å². The normalized spacial score (nSPS) is 11.5. The van der Waals surface area contributed by atoms with Crippen molar-refractivity contribution in [2.24, 2.45) is 0 Å². The molecule has 1 heterocycles. The zero-order chi connectivity index (χ0) is 25.1. The molecule has 0 unspecified atom stereocenters. The van der Waals surface area contributed by atoms with Gasteiger partial charge in [-0.25, -0.2) is 0 Å². The Labute approximate surface area is 223 Å². The molecule has 2 nitrogen and oxygen atoms in total. The second kappa shape index (κ2) is 12.7. The van der Waals surface area contributed by atoms with Crippen LogP contribution in [0, 0.1) is 0 Å². The maximum atomic E-state index is 4.71. The molecule has 179 valence electrons. The van der Waals surface area contributed by atoms with Gasteiger partial charge >= 0.3 is 0 Å². The predicted molar refractivity (Wildman–Crippen MR) is 162 cm³/mol. The predicted octanol–water partition coefficient (Wildman–Crippen LogP) is 6.09. The lowest BCUT2D eigenvalue weighted by molar-refractivity contribution is 0.903. The summed E-state index contributed by atoms with van der Waals surface area (Å²) in [6.45, 7) is 0. The molecule has 1 radical (unpaired) electrons. The Hall–Kier alpha value is -4.15. The van der Waals surface area contributed by atoms with Gasteiger partial charge in [-0.1, -0.05) is 139 Å². The van der Waals surface area contributed by atoms with Crippen LogP contribution in [0.5, 0.6) is 0 Å². The Kier molecular flexibility index (Phi) is 8.43. The first kappa shape index (κ1) is 24.5. The minimum absolute atomic E-state index is 0.378. The number of imidazole rings is 1. The first-order valence-corrected chi connectivity index (χ1v) is 14.9. The molecular weight excluding hydrogens is 463 g/mol. The summed E-state index contributed by atoms with van der Waals surface area (Å²) in [4.78, 5) is 4.71. The van der Waals surface area contributed by atoms with Crippen molar-refractivity contribution < 1.29 is 0 Å². The van der Waals surface area contributed by atoms with Crippen LogP contribution in [0.2, 0.25) is 6.04 Å². The van der Waals surface area contributed by atoms with Crippen LogP contribution >= 0.6 is 0 Å². The lowest BCUT2D eigenvalue weighted by Crippen LogP contribution is -2.29. The Balaban J connectivity index is 1.31. The van der Waals surface area contributed by atoms with Crippen molar-refractivity contribution in [2.45, 2.75) is 12.2 Å². The third-order valence-electron chi connectivity index (χ3n) is 6.38. The third-order valence-corrected chi connectivity index (χ3v) is 7.88. The maximum Gasteiger partial charge on any atom is 0.241 e. The Morgan fingerprint density at radius 2 is 1.24 bits per heavy atom. The summed E-state index contributed by atoms with van der Waals surface area (Å²) in [5.41, 5.74) is 8.42. The van der Waals surface area contributed by atoms with E-state index in [1.54, 1.807) is 0 Å². The molecule has 0 spiro atoms. The molecule has 0 aliphatic carbocycles. The lowest BCUT2D eigenvalue weighted by atomic mass is 9.65. The summed E-state index contributed by atoms with van der Waals surface area (Å²) in [6.07, 6.45) is 9.75. The average Bonchev–Trinajstić information content (AvgIpc) is 3.41. The van der Waals surface area contributed by atoms with Gasteiger partial charge < -0.3 is 4.57 Å². The SMILES string of the molecule is [B](C(=Cc1ccccc1)c1ccccc1)c1nccn1C[SiH2]CC=C(c1ccccc1)c1ccccc1. The van der Waals surface area contributed by atoms with E-state index in [4.69, 9.17) is 4.98 Å². The van der Waals surface area contributed by atoms with Gasteiger partial charge in [0.25, 0.3) is 0 Å².